The summed E-state index contributed by atoms with van der Waals surface area (Å²) in [5.74, 6) is -0.708. The first-order chi connectivity index (χ1) is 16.3. The van der Waals surface area contributed by atoms with Crippen LogP contribution in [0.15, 0.2) is 67.1 Å². The highest BCUT2D eigenvalue weighted by atomic mass is 16.4. The summed E-state index contributed by atoms with van der Waals surface area (Å²) >= 11 is 0. The summed E-state index contributed by atoms with van der Waals surface area (Å²) < 4.78 is 1.44. The topological polar surface area (TPSA) is 83.6 Å². The molecule has 0 aliphatic carbocycles. The Balaban J connectivity index is 1.54. The predicted molar refractivity (Wildman–Crippen MR) is 133 cm³/mol. The zero-order chi connectivity index (χ0) is 23.9. The van der Waals surface area contributed by atoms with Gasteiger partial charge in [0.1, 0.15) is 11.9 Å². The Kier molecular flexibility index (Phi) is 5.24. The zero-order valence-electron chi connectivity index (χ0n) is 19.3. The van der Waals surface area contributed by atoms with Crippen molar-refractivity contribution >= 4 is 35.2 Å². The van der Waals surface area contributed by atoms with Crippen molar-refractivity contribution in [1.29, 1.82) is 0 Å². The molecule has 0 saturated heterocycles. The third kappa shape index (κ3) is 3.85. The fourth-order valence-electron chi connectivity index (χ4n) is 4.56. The molecule has 5 rings (SSSR count). The van der Waals surface area contributed by atoms with Crippen LogP contribution in [-0.4, -0.2) is 36.2 Å². The summed E-state index contributed by atoms with van der Waals surface area (Å²) in [6.45, 7) is 7.41. The van der Waals surface area contributed by atoms with Gasteiger partial charge in [0.15, 0.2) is 0 Å². The molecule has 0 amide bonds. The predicted octanol–water partition coefficient (Wildman–Crippen LogP) is 5.20. The van der Waals surface area contributed by atoms with Crippen molar-refractivity contribution < 1.29 is 9.90 Å². The summed E-state index contributed by atoms with van der Waals surface area (Å²) in [6.07, 6.45) is 8.63. The van der Waals surface area contributed by atoms with Crippen molar-refractivity contribution in [3.63, 3.8) is 0 Å². The number of carbonyl (C=O) groups is 1. The number of allylic oxidation sites excluding steroid dienone is 1. The minimum atomic E-state index is -1.06. The monoisotopic (exact) mass is 451 g/mol. The van der Waals surface area contributed by atoms with Crippen LogP contribution in [0.1, 0.15) is 53.5 Å². The largest absolute Gasteiger partial charge is 0.478 e. The van der Waals surface area contributed by atoms with Crippen LogP contribution in [0, 0.1) is 0 Å². The second kappa shape index (κ2) is 8.26. The Morgan fingerprint density at radius 3 is 2.65 bits per heavy atom. The summed E-state index contributed by atoms with van der Waals surface area (Å²) in [4.78, 5) is 22.3. The molecule has 4 aromatic rings. The van der Waals surface area contributed by atoms with Gasteiger partial charge in [-0.15, -0.1) is 0 Å². The summed E-state index contributed by atoms with van der Waals surface area (Å²) in [6, 6.07) is 16.8. The molecule has 0 bridgehead atoms. The highest BCUT2D eigenvalue weighted by Gasteiger charge is 2.31. The van der Waals surface area contributed by atoms with E-state index in [2.05, 4.69) is 89.3 Å². The molecule has 1 aliphatic rings. The number of aromatic carboxylic acids is 1. The number of benzene rings is 2. The van der Waals surface area contributed by atoms with Crippen molar-refractivity contribution in [2.24, 2.45) is 0 Å². The molecule has 0 saturated carbocycles. The van der Waals surface area contributed by atoms with Crippen LogP contribution in [0.25, 0.3) is 23.5 Å². The van der Waals surface area contributed by atoms with E-state index >= 15 is 0 Å². The van der Waals surface area contributed by atoms with Crippen LogP contribution in [0.5, 0.6) is 0 Å². The minimum Gasteiger partial charge on any atom is -0.478 e. The fourth-order valence-corrected chi connectivity index (χ4v) is 4.56. The molecule has 0 radical (unpaired) electrons. The number of aromatic nitrogens is 4. The maximum absolute atomic E-state index is 11.7. The van der Waals surface area contributed by atoms with Gasteiger partial charge in [0, 0.05) is 24.0 Å². The van der Waals surface area contributed by atoms with E-state index in [1.54, 1.807) is 6.08 Å². The molecular formula is C27H25N5O2. The van der Waals surface area contributed by atoms with E-state index in [-0.39, 0.29) is 11.1 Å². The van der Waals surface area contributed by atoms with Crippen LogP contribution in [0.4, 0.5) is 5.69 Å². The standard InChI is InChI=1S/C27H25N5O2/c1-18-14-27(2,3)31(16-20-7-5-4-6-8-20)23-11-9-19(13-21(18)23)10-12-24-22(25(33)34)15-28-26-29-17-30-32(24)26/h4-15,17H,16H2,1-3H3,(H,33,34). The third-order valence-electron chi connectivity index (χ3n) is 6.19. The molecule has 2 aromatic heterocycles. The van der Waals surface area contributed by atoms with E-state index in [0.29, 0.717) is 11.5 Å². The van der Waals surface area contributed by atoms with Crippen molar-refractivity contribution in [2.45, 2.75) is 32.9 Å². The second-order valence-electron chi connectivity index (χ2n) is 9.00. The lowest BCUT2D eigenvalue weighted by molar-refractivity contribution is 0.0695. The number of carboxylic acids is 1. The molecule has 2 aromatic carbocycles. The highest BCUT2D eigenvalue weighted by molar-refractivity contribution is 5.93. The smallest absolute Gasteiger partial charge is 0.339 e. The quantitative estimate of drug-likeness (QED) is 0.449. The molecular weight excluding hydrogens is 426 g/mol. The van der Waals surface area contributed by atoms with E-state index in [1.165, 1.54) is 33.9 Å². The van der Waals surface area contributed by atoms with Gasteiger partial charge in [-0.2, -0.15) is 14.6 Å². The van der Waals surface area contributed by atoms with Crippen molar-refractivity contribution in [1.82, 2.24) is 19.6 Å². The average Bonchev–Trinajstić information content (AvgIpc) is 3.29. The number of rotatable bonds is 5. The summed E-state index contributed by atoms with van der Waals surface area (Å²) in [5, 5.41) is 13.7. The Hall–Kier alpha value is -4.26. The van der Waals surface area contributed by atoms with Crippen LogP contribution in [0.2, 0.25) is 0 Å². The van der Waals surface area contributed by atoms with Gasteiger partial charge in [-0.3, -0.25) is 0 Å². The molecule has 1 N–H and O–H groups in total. The fraction of sp³-hybridized carbons (Fsp3) is 0.185. The lowest BCUT2D eigenvalue weighted by Gasteiger charge is -2.43. The van der Waals surface area contributed by atoms with Gasteiger partial charge in [0.05, 0.1) is 11.2 Å². The first kappa shape index (κ1) is 21.6. The van der Waals surface area contributed by atoms with E-state index in [1.807, 2.05) is 12.1 Å². The normalized spacial score (nSPS) is 14.9. The Bertz CT molecular complexity index is 1450. The minimum absolute atomic E-state index is 0.0686. The average molecular weight is 452 g/mol. The molecule has 0 spiro atoms. The van der Waals surface area contributed by atoms with Crippen LogP contribution >= 0.6 is 0 Å². The van der Waals surface area contributed by atoms with Crippen molar-refractivity contribution in [3.8, 4) is 0 Å². The van der Waals surface area contributed by atoms with Gasteiger partial charge in [-0.05, 0) is 55.7 Å². The zero-order valence-corrected chi connectivity index (χ0v) is 19.3. The SMILES string of the molecule is CC1=CC(C)(C)N(Cc2ccccc2)c2ccc(C=Cc3c(C(=O)O)cnc4ncnn34)cc21. The van der Waals surface area contributed by atoms with Crippen LogP contribution in [-0.2, 0) is 6.54 Å². The number of carboxylic acid groups (broad SMARTS) is 1. The van der Waals surface area contributed by atoms with Crippen LogP contribution < -0.4 is 4.90 Å². The number of fused-ring (bicyclic) bond motifs is 2. The molecule has 3 heterocycles. The van der Waals surface area contributed by atoms with Crippen molar-refractivity contribution in [3.05, 3.63) is 95.1 Å². The number of nitrogens with zero attached hydrogens (tertiary/aromatic N) is 5. The number of anilines is 1. The Labute approximate surface area is 197 Å². The van der Waals surface area contributed by atoms with Crippen LogP contribution in [0.3, 0.4) is 0 Å². The van der Waals surface area contributed by atoms with Gasteiger partial charge in [-0.1, -0.05) is 48.6 Å². The molecule has 0 fully saturated rings. The Morgan fingerprint density at radius 1 is 1.09 bits per heavy atom. The van der Waals surface area contributed by atoms with Gasteiger partial charge in [-0.25, -0.2) is 9.78 Å². The van der Waals surface area contributed by atoms with E-state index in [9.17, 15) is 9.90 Å². The molecule has 0 unspecified atom stereocenters. The molecule has 1 aliphatic heterocycles. The lowest BCUT2D eigenvalue weighted by Crippen LogP contribution is -2.44. The van der Waals surface area contributed by atoms with E-state index in [4.69, 9.17) is 0 Å². The summed E-state index contributed by atoms with van der Waals surface area (Å²) in [7, 11) is 0. The third-order valence-corrected chi connectivity index (χ3v) is 6.19. The number of hydrogen-bond acceptors (Lipinski definition) is 5. The van der Waals surface area contributed by atoms with Crippen molar-refractivity contribution in [2.75, 3.05) is 4.90 Å². The van der Waals surface area contributed by atoms with Gasteiger partial charge >= 0.3 is 5.97 Å². The van der Waals surface area contributed by atoms with E-state index in [0.717, 1.165) is 17.7 Å². The molecule has 34 heavy (non-hydrogen) atoms. The highest BCUT2D eigenvalue weighted by Crippen LogP contribution is 2.40. The first-order valence-electron chi connectivity index (χ1n) is 11.1. The maximum Gasteiger partial charge on any atom is 0.339 e. The Morgan fingerprint density at radius 2 is 1.88 bits per heavy atom. The molecule has 7 heteroatoms. The maximum atomic E-state index is 11.7. The first-order valence-corrected chi connectivity index (χ1v) is 11.1. The van der Waals surface area contributed by atoms with Gasteiger partial charge in [0.2, 0.25) is 0 Å². The molecule has 0 atom stereocenters. The summed E-state index contributed by atoms with van der Waals surface area (Å²) in [5.41, 5.74) is 6.15. The second-order valence-corrected chi connectivity index (χ2v) is 9.00. The number of hydrogen-bond donors (Lipinski definition) is 1. The van der Waals surface area contributed by atoms with E-state index < -0.39 is 5.97 Å². The van der Waals surface area contributed by atoms with Gasteiger partial charge in [0.25, 0.3) is 5.78 Å². The van der Waals surface area contributed by atoms with Gasteiger partial charge < -0.3 is 10.0 Å². The molecule has 170 valence electrons. The molecule has 7 nitrogen and oxygen atoms in total. The lowest BCUT2D eigenvalue weighted by atomic mass is 9.87.